The molecule has 0 aliphatic carbocycles. The summed E-state index contributed by atoms with van der Waals surface area (Å²) in [6.45, 7) is 2.46. The number of rotatable bonds is 5. The van der Waals surface area contributed by atoms with Crippen LogP contribution in [0.1, 0.15) is 21.5 Å². The van der Waals surface area contributed by atoms with E-state index in [-0.39, 0.29) is 11.7 Å². The van der Waals surface area contributed by atoms with Crippen LogP contribution in [-0.4, -0.2) is 36.6 Å². The highest BCUT2D eigenvalue weighted by atomic mass is 16.5. The number of amides is 1. The van der Waals surface area contributed by atoms with E-state index in [1.807, 2.05) is 25.1 Å². The third-order valence-corrected chi connectivity index (χ3v) is 3.70. The van der Waals surface area contributed by atoms with Crippen molar-refractivity contribution in [2.24, 2.45) is 0 Å². The SMILES string of the molecule is COc1ccc(C(=O)N(C)CCc2ccccc2O)cc1C. The van der Waals surface area contributed by atoms with Gasteiger partial charge >= 0.3 is 0 Å². The van der Waals surface area contributed by atoms with Gasteiger partial charge in [-0.25, -0.2) is 0 Å². The first kappa shape index (κ1) is 15.9. The van der Waals surface area contributed by atoms with Gasteiger partial charge in [-0.3, -0.25) is 4.79 Å². The van der Waals surface area contributed by atoms with Crippen LogP contribution in [-0.2, 0) is 6.42 Å². The molecule has 0 bridgehead atoms. The molecule has 0 unspecified atom stereocenters. The third-order valence-electron chi connectivity index (χ3n) is 3.70. The van der Waals surface area contributed by atoms with Crippen LogP contribution < -0.4 is 4.74 Å². The molecule has 22 heavy (non-hydrogen) atoms. The second kappa shape index (κ2) is 6.98. The van der Waals surface area contributed by atoms with Gasteiger partial charge in [0.05, 0.1) is 7.11 Å². The molecule has 0 spiro atoms. The molecule has 116 valence electrons. The average molecular weight is 299 g/mol. The Bertz CT molecular complexity index is 667. The summed E-state index contributed by atoms with van der Waals surface area (Å²) in [4.78, 5) is 14.1. The summed E-state index contributed by atoms with van der Waals surface area (Å²) in [7, 11) is 3.38. The molecular weight excluding hydrogens is 278 g/mol. The normalized spacial score (nSPS) is 10.3. The number of hydrogen-bond acceptors (Lipinski definition) is 3. The quantitative estimate of drug-likeness (QED) is 0.923. The van der Waals surface area contributed by atoms with Crippen LogP contribution in [0, 0.1) is 6.92 Å². The summed E-state index contributed by atoms with van der Waals surface area (Å²) in [5.74, 6) is 0.998. The first-order chi connectivity index (χ1) is 10.5. The number of benzene rings is 2. The molecular formula is C18H21NO3. The maximum Gasteiger partial charge on any atom is 0.253 e. The predicted octanol–water partition coefficient (Wildman–Crippen LogP) is 3.02. The van der Waals surface area contributed by atoms with Crippen molar-refractivity contribution >= 4 is 5.91 Å². The van der Waals surface area contributed by atoms with Gasteiger partial charge in [0.15, 0.2) is 0 Å². The highest BCUT2D eigenvalue weighted by Crippen LogP contribution is 2.20. The highest BCUT2D eigenvalue weighted by molar-refractivity contribution is 5.94. The van der Waals surface area contributed by atoms with Gasteiger partial charge in [-0.15, -0.1) is 0 Å². The van der Waals surface area contributed by atoms with E-state index < -0.39 is 0 Å². The van der Waals surface area contributed by atoms with Gasteiger partial charge in [0, 0.05) is 19.2 Å². The monoisotopic (exact) mass is 299 g/mol. The van der Waals surface area contributed by atoms with Crippen molar-refractivity contribution in [2.45, 2.75) is 13.3 Å². The van der Waals surface area contributed by atoms with Crippen LogP contribution in [0.25, 0.3) is 0 Å². The van der Waals surface area contributed by atoms with E-state index in [0.29, 0.717) is 18.5 Å². The standard InChI is InChI=1S/C18H21NO3/c1-13-12-15(8-9-17(13)22-3)18(21)19(2)11-10-14-6-4-5-7-16(14)20/h4-9,12,20H,10-11H2,1-3H3. The minimum absolute atomic E-state index is 0.0406. The van der Waals surface area contributed by atoms with Gasteiger partial charge in [0.2, 0.25) is 0 Å². The molecule has 0 heterocycles. The number of hydrogen-bond donors (Lipinski definition) is 1. The molecule has 4 nitrogen and oxygen atoms in total. The fraction of sp³-hybridized carbons (Fsp3) is 0.278. The Kier molecular flexibility index (Phi) is 5.04. The minimum atomic E-state index is -0.0406. The van der Waals surface area contributed by atoms with Gasteiger partial charge in [0.25, 0.3) is 5.91 Å². The Morgan fingerprint density at radius 3 is 2.59 bits per heavy atom. The van der Waals surface area contributed by atoms with Gasteiger partial charge in [-0.1, -0.05) is 18.2 Å². The van der Waals surface area contributed by atoms with Gasteiger partial charge in [-0.2, -0.15) is 0 Å². The molecule has 0 aromatic heterocycles. The van der Waals surface area contributed by atoms with Crippen LogP contribution in [0.5, 0.6) is 11.5 Å². The van der Waals surface area contributed by atoms with Gasteiger partial charge < -0.3 is 14.7 Å². The molecule has 2 aromatic carbocycles. The number of carbonyl (C=O) groups is 1. The van der Waals surface area contributed by atoms with E-state index in [0.717, 1.165) is 16.9 Å². The first-order valence-corrected chi connectivity index (χ1v) is 7.20. The molecule has 4 heteroatoms. The number of aryl methyl sites for hydroxylation is 1. The number of likely N-dealkylation sites (N-methyl/N-ethyl adjacent to an activating group) is 1. The number of para-hydroxylation sites is 1. The van der Waals surface area contributed by atoms with E-state index >= 15 is 0 Å². The molecule has 0 saturated carbocycles. The average Bonchev–Trinajstić information content (AvgIpc) is 2.53. The van der Waals surface area contributed by atoms with Crippen molar-refractivity contribution in [1.29, 1.82) is 0 Å². The van der Waals surface area contributed by atoms with Crippen LogP contribution in [0.2, 0.25) is 0 Å². The Hall–Kier alpha value is -2.49. The number of phenols is 1. The summed E-state index contributed by atoms with van der Waals surface area (Å²) < 4.78 is 5.21. The predicted molar refractivity (Wildman–Crippen MR) is 86.5 cm³/mol. The third kappa shape index (κ3) is 3.58. The van der Waals surface area contributed by atoms with Gasteiger partial charge in [0.1, 0.15) is 11.5 Å². The van der Waals surface area contributed by atoms with Crippen molar-refractivity contribution < 1.29 is 14.6 Å². The lowest BCUT2D eigenvalue weighted by Crippen LogP contribution is -2.28. The maximum atomic E-state index is 12.4. The lowest BCUT2D eigenvalue weighted by molar-refractivity contribution is 0.0796. The lowest BCUT2D eigenvalue weighted by atomic mass is 10.1. The Morgan fingerprint density at radius 2 is 1.95 bits per heavy atom. The molecule has 0 fully saturated rings. The van der Waals surface area contributed by atoms with Crippen molar-refractivity contribution in [1.82, 2.24) is 4.90 Å². The Morgan fingerprint density at radius 1 is 1.23 bits per heavy atom. The number of ether oxygens (including phenoxy) is 1. The summed E-state index contributed by atoms with van der Waals surface area (Å²) >= 11 is 0. The molecule has 2 aromatic rings. The van der Waals surface area contributed by atoms with E-state index in [2.05, 4.69) is 0 Å². The number of carbonyl (C=O) groups excluding carboxylic acids is 1. The molecule has 0 aliphatic heterocycles. The van der Waals surface area contributed by atoms with Gasteiger partial charge in [-0.05, 0) is 48.7 Å². The second-order valence-corrected chi connectivity index (χ2v) is 5.29. The minimum Gasteiger partial charge on any atom is -0.508 e. The Labute approximate surface area is 131 Å². The van der Waals surface area contributed by atoms with E-state index in [9.17, 15) is 9.90 Å². The van der Waals surface area contributed by atoms with Crippen LogP contribution >= 0.6 is 0 Å². The highest BCUT2D eigenvalue weighted by Gasteiger charge is 2.13. The van der Waals surface area contributed by atoms with E-state index in [1.165, 1.54) is 0 Å². The maximum absolute atomic E-state index is 12.4. The number of aromatic hydroxyl groups is 1. The fourth-order valence-electron chi connectivity index (χ4n) is 2.34. The zero-order valence-corrected chi connectivity index (χ0v) is 13.2. The number of phenolic OH excluding ortho intramolecular Hbond substituents is 1. The zero-order valence-electron chi connectivity index (χ0n) is 13.2. The molecule has 0 atom stereocenters. The molecule has 1 amide bonds. The zero-order chi connectivity index (χ0) is 16.1. The molecule has 1 N–H and O–H groups in total. The van der Waals surface area contributed by atoms with Crippen LogP contribution in [0.3, 0.4) is 0 Å². The lowest BCUT2D eigenvalue weighted by Gasteiger charge is -2.18. The number of methoxy groups -OCH3 is 1. The van der Waals surface area contributed by atoms with Crippen molar-refractivity contribution in [3.8, 4) is 11.5 Å². The summed E-state index contributed by atoms with van der Waals surface area (Å²) in [5.41, 5.74) is 2.41. The largest absolute Gasteiger partial charge is 0.508 e. The second-order valence-electron chi connectivity index (χ2n) is 5.29. The topological polar surface area (TPSA) is 49.8 Å². The fourth-order valence-corrected chi connectivity index (χ4v) is 2.34. The summed E-state index contributed by atoms with van der Waals surface area (Å²) in [6, 6.07) is 12.6. The number of nitrogens with zero attached hydrogens (tertiary/aromatic N) is 1. The summed E-state index contributed by atoms with van der Waals surface area (Å²) in [5, 5.41) is 9.76. The molecule has 0 aliphatic rings. The smallest absolute Gasteiger partial charge is 0.253 e. The van der Waals surface area contributed by atoms with E-state index in [4.69, 9.17) is 4.74 Å². The van der Waals surface area contributed by atoms with Crippen molar-refractivity contribution in [3.63, 3.8) is 0 Å². The molecule has 0 saturated heterocycles. The van der Waals surface area contributed by atoms with Crippen molar-refractivity contribution in [3.05, 3.63) is 59.2 Å². The van der Waals surface area contributed by atoms with Crippen LogP contribution in [0.4, 0.5) is 0 Å². The Balaban J connectivity index is 2.03. The van der Waals surface area contributed by atoms with Crippen molar-refractivity contribution in [2.75, 3.05) is 20.7 Å². The first-order valence-electron chi connectivity index (χ1n) is 7.20. The molecule has 0 radical (unpaired) electrons. The van der Waals surface area contributed by atoms with Crippen LogP contribution in [0.15, 0.2) is 42.5 Å². The van der Waals surface area contributed by atoms with E-state index in [1.54, 1.807) is 43.3 Å². The molecule has 2 rings (SSSR count). The summed E-state index contributed by atoms with van der Waals surface area (Å²) in [6.07, 6.45) is 0.615.